The highest BCUT2D eigenvalue weighted by molar-refractivity contribution is 14.0. The van der Waals surface area contributed by atoms with Crippen LogP contribution in [-0.4, -0.2) is 49.1 Å². The molecule has 0 atom stereocenters. The molecule has 1 saturated heterocycles. The molecule has 1 aliphatic rings. The second kappa shape index (κ2) is 11.4. The van der Waals surface area contributed by atoms with Gasteiger partial charge in [0.25, 0.3) is 0 Å². The van der Waals surface area contributed by atoms with Gasteiger partial charge in [0.2, 0.25) is 5.89 Å². The molecule has 6 nitrogen and oxygen atoms in total. The zero-order valence-corrected chi connectivity index (χ0v) is 19.4. The number of nitrogens with one attached hydrogen (secondary N) is 2. The fourth-order valence-electron chi connectivity index (χ4n) is 3.23. The third-order valence-electron chi connectivity index (χ3n) is 5.11. The summed E-state index contributed by atoms with van der Waals surface area (Å²) in [5, 5.41) is 6.68. The van der Waals surface area contributed by atoms with Gasteiger partial charge in [0, 0.05) is 25.7 Å². The van der Waals surface area contributed by atoms with Crippen LogP contribution in [-0.2, 0) is 6.54 Å². The monoisotopic (exact) mass is 497 g/mol. The Labute approximate surface area is 185 Å². The highest BCUT2D eigenvalue weighted by Crippen LogP contribution is 2.19. The minimum Gasteiger partial charge on any atom is -0.444 e. The molecule has 2 heterocycles. The van der Waals surface area contributed by atoms with Crippen LogP contribution in [0.25, 0.3) is 11.5 Å². The van der Waals surface area contributed by atoms with E-state index in [4.69, 9.17) is 4.42 Å². The van der Waals surface area contributed by atoms with Crippen LogP contribution in [0.5, 0.6) is 0 Å². The van der Waals surface area contributed by atoms with E-state index in [0.717, 1.165) is 36.2 Å². The normalized spacial score (nSPS) is 15.9. The Hall–Kier alpha value is -1.61. The van der Waals surface area contributed by atoms with Crippen LogP contribution in [0.3, 0.4) is 0 Å². The number of hydrogen-bond acceptors (Lipinski definition) is 4. The SMILES string of the molecule is CN=C(NCCN1CCC(C)CC1)NCc1coc(-c2ccc(C)cc2)n1.I. The zero-order valence-electron chi connectivity index (χ0n) is 17.1. The Bertz CT molecular complexity index is 736. The summed E-state index contributed by atoms with van der Waals surface area (Å²) in [5.41, 5.74) is 3.07. The molecule has 0 amide bonds. The van der Waals surface area contributed by atoms with E-state index in [1.807, 2.05) is 12.1 Å². The van der Waals surface area contributed by atoms with Crippen LogP contribution in [0.4, 0.5) is 0 Å². The molecule has 3 rings (SSSR count). The van der Waals surface area contributed by atoms with Crippen LogP contribution in [0.2, 0.25) is 0 Å². The minimum absolute atomic E-state index is 0. The van der Waals surface area contributed by atoms with Crippen molar-refractivity contribution in [2.24, 2.45) is 10.9 Å². The molecule has 0 unspecified atom stereocenters. The van der Waals surface area contributed by atoms with Crippen LogP contribution in [0.15, 0.2) is 39.9 Å². The van der Waals surface area contributed by atoms with Crippen molar-refractivity contribution in [2.45, 2.75) is 33.2 Å². The van der Waals surface area contributed by atoms with Crippen molar-refractivity contribution in [3.8, 4) is 11.5 Å². The van der Waals surface area contributed by atoms with Gasteiger partial charge in [-0.1, -0.05) is 24.6 Å². The molecular weight excluding hydrogens is 465 g/mol. The molecule has 1 fully saturated rings. The molecule has 1 aromatic carbocycles. The number of benzene rings is 1. The van der Waals surface area contributed by atoms with Gasteiger partial charge in [-0.25, -0.2) is 4.98 Å². The summed E-state index contributed by atoms with van der Waals surface area (Å²) in [6.07, 6.45) is 4.31. The van der Waals surface area contributed by atoms with Crippen molar-refractivity contribution >= 4 is 29.9 Å². The lowest BCUT2D eigenvalue weighted by Gasteiger charge is -2.30. The first-order valence-corrected chi connectivity index (χ1v) is 9.82. The molecule has 0 radical (unpaired) electrons. The Kier molecular flexibility index (Phi) is 9.24. The van der Waals surface area contributed by atoms with Gasteiger partial charge < -0.3 is 20.0 Å². The molecule has 2 N–H and O–H groups in total. The number of oxazole rings is 1. The van der Waals surface area contributed by atoms with Crippen LogP contribution < -0.4 is 10.6 Å². The quantitative estimate of drug-likeness (QED) is 0.362. The van der Waals surface area contributed by atoms with Gasteiger partial charge in [-0.2, -0.15) is 0 Å². The number of nitrogens with zero attached hydrogens (tertiary/aromatic N) is 3. The second-order valence-electron chi connectivity index (χ2n) is 7.39. The van der Waals surface area contributed by atoms with E-state index in [1.54, 1.807) is 13.3 Å². The number of piperidine rings is 1. The Morgan fingerprint density at radius 3 is 2.61 bits per heavy atom. The van der Waals surface area contributed by atoms with Crippen molar-refractivity contribution in [3.05, 3.63) is 41.8 Å². The standard InChI is InChI=1S/C21H31N5O.HI/c1-16-4-6-18(7-5-16)20-25-19(15-27-20)14-24-21(22-3)23-10-13-26-11-8-17(2)9-12-26;/h4-7,15,17H,8-14H2,1-3H3,(H2,22,23,24);1H. The van der Waals surface area contributed by atoms with Crippen LogP contribution in [0.1, 0.15) is 31.0 Å². The minimum atomic E-state index is 0. The molecular formula is C21H32IN5O. The maximum Gasteiger partial charge on any atom is 0.226 e. The molecule has 154 valence electrons. The summed E-state index contributed by atoms with van der Waals surface area (Å²) in [7, 11) is 1.79. The van der Waals surface area contributed by atoms with E-state index in [2.05, 4.69) is 51.5 Å². The van der Waals surface area contributed by atoms with E-state index in [-0.39, 0.29) is 24.0 Å². The van der Waals surface area contributed by atoms with Crippen molar-refractivity contribution < 1.29 is 4.42 Å². The first-order chi connectivity index (χ1) is 13.1. The summed E-state index contributed by atoms with van der Waals surface area (Å²) < 4.78 is 5.61. The largest absolute Gasteiger partial charge is 0.444 e. The number of aromatic nitrogens is 1. The number of halogens is 1. The molecule has 1 aliphatic heterocycles. The molecule has 7 heteroatoms. The maximum absolute atomic E-state index is 5.61. The van der Waals surface area contributed by atoms with Gasteiger partial charge in [0.15, 0.2) is 5.96 Å². The van der Waals surface area contributed by atoms with Crippen molar-refractivity contribution in [1.29, 1.82) is 0 Å². The summed E-state index contributed by atoms with van der Waals surface area (Å²) in [6, 6.07) is 8.18. The predicted molar refractivity (Wildman–Crippen MR) is 125 cm³/mol. The first-order valence-electron chi connectivity index (χ1n) is 9.82. The third kappa shape index (κ3) is 6.77. The van der Waals surface area contributed by atoms with E-state index in [9.17, 15) is 0 Å². The second-order valence-corrected chi connectivity index (χ2v) is 7.39. The molecule has 1 aromatic heterocycles. The smallest absolute Gasteiger partial charge is 0.226 e. The fourth-order valence-corrected chi connectivity index (χ4v) is 3.23. The molecule has 0 aliphatic carbocycles. The lowest BCUT2D eigenvalue weighted by Crippen LogP contribution is -2.43. The average molecular weight is 497 g/mol. The molecule has 0 spiro atoms. The summed E-state index contributed by atoms with van der Waals surface area (Å²) in [6.45, 7) is 9.34. The fraction of sp³-hybridized carbons (Fsp3) is 0.524. The molecule has 28 heavy (non-hydrogen) atoms. The number of aryl methyl sites for hydroxylation is 1. The highest BCUT2D eigenvalue weighted by Gasteiger charge is 2.15. The van der Waals surface area contributed by atoms with Gasteiger partial charge in [-0.15, -0.1) is 24.0 Å². The molecule has 2 aromatic rings. The third-order valence-corrected chi connectivity index (χ3v) is 5.11. The molecule has 0 bridgehead atoms. The van der Waals surface area contributed by atoms with E-state index in [0.29, 0.717) is 12.4 Å². The Balaban J connectivity index is 0.00000280. The summed E-state index contributed by atoms with van der Waals surface area (Å²) >= 11 is 0. The van der Waals surface area contributed by atoms with E-state index >= 15 is 0 Å². The van der Waals surface area contributed by atoms with Crippen LogP contribution in [0, 0.1) is 12.8 Å². The Morgan fingerprint density at radius 1 is 1.21 bits per heavy atom. The number of hydrogen-bond donors (Lipinski definition) is 2. The average Bonchev–Trinajstić information content (AvgIpc) is 3.15. The van der Waals surface area contributed by atoms with Gasteiger partial charge >= 0.3 is 0 Å². The van der Waals surface area contributed by atoms with Gasteiger partial charge in [-0.05, 0) is 50.9 Å². The van der Waals surface area contributed by atoms with Gasteiger partial charge in [-0.3, -0.25) is 4.99 Å². The Morgan fingerprint density at radius 2 is 1.93 bits per heavy atom. The topological polar surface area (TPSA) is 65.7 Å². The van der Waals surface area contributed by atoms with Gasteiger partial charge in [0.1, 0.15) is 6.26 Å². The highest BCUT2D eigenvalue weighted by atomic mass is 127. The number of aliphatic imine (C=N–C) groups is 1. The van der Waals surface area contributed by atoms with Gasteiger partial charge in [0.05, 0.1) is 12.2 Å². The number of likely N-dealkylation sites (tertiary alicyclic amines) is 1. The maximum atomic E-state index is 5.61. The molecule has 0 saturated carbocycles. The zero-order chi connectivity index (χ0) is 19.1. The summed E-state index contributed by atoms with van der Waals surface area (Å²) in [5.74, 6) is 2.31. The van der Waals surface area contributed by atoms with Crippen molar-refractivity contribution in [2.75, 3.05) is 33.2 Å². The lowest BCUT2D eigenvalue weighted by molar-refractivity contribution is 0.195. The van der Waals surface area contributed by atoms with E-state index < -0.39 is 0 Å². The lowest BCUT2D eigenvalue weighted by atomic mass is 9.99. The number of rotatable bonds is 6. The summed E-state index contributed by atoms with van der Waals surface area (Å²) in [4.78, 5) is 11.4. The van der Waals surface area contributed by atoms with Crippen molar-refractivity contribution in [3.63, 3.8) is 0 Å². The van der Waals surface area contributed by atoms with Crippen molar-refractivity contribution in [1.82, 2.24) is 20.5 Å². The first kappa shape index (κ1) is 22.7. The number of guanidine groups is 1. The van der Waals surface area contributed by atoms with E-state index in [1.165, 1.54) is 31.5 Å². The predicted octanol–water partition coefficient (Wildman–Crippen LogP) is 3.66. The van der Waals surface area contributed by atoms with Crippen LogP contribution >= 0.6 is 24.0 Å².